The van der Waals surface area contributed by atoms with E-state index in [9.17, 15) is 27.2 Å². The highest BCUT2D eigenvalue weighted by Crippen LogP contribution is 2.32. The third-order valence-electron chi connectivity index (χ3n) is 4.47. The fraction of sp³-hybridized carbons (Fsp3) is 0.500. The van der Waals surface area contributed by atoms with Crippen molar-refractivity contribution in [3.05, 3.63) is 29.6 Å². The van der Waals surface area contributed by atoms with E-state index in [0.29, 0.717) is 19.4 Å². The predicted molar refractivity (Wildman–Crippen MR) is 78.3 cm³/mol. The van der Waals surface area contributed by atoms with Crippen LogP contribution in [0.3, 0.4) is 0 Å². The fourth-order valence-electron chi connectivity index (χ4n) is 3.36. The van der Waals surface area contributed by atoms with Crippen molar-refractivity contribution in [1.82, 2.24) is 10.2 Å². The average Bonchev–Trinajstić information content (AvgIpc) is 2.82. The quantitative estimate of drug-likeness (QED) is 0.825. The smallest absolute Gasteiger partial charge is 0.402 e. The minimum atomic E-state index is -5.11. The maximum absolute atomic E-state index is 13.8. The zero-order valence-corrected chi connectivity index (χ0v) is 13.1. The van der Waals surface area contributed by atoms with Crippen LogP contribution in [0.15, 0.2) is 18.2 Å². The number of carbonyl (C=O) groups excluding carboxylic acids is 2. The summed E-state index contributed by atoms with van der Waals surface area (Å²) < 4.78 is 55.0. The Labute approximate surface area is 140 Å². The van der Waals surface area contributed by atoms with Gasteiger partial charge in [-0.15, -0.1) is 13.2 Å². The molecule has 2 aliphatic heterocycles. The summed E-state index contributed by atoms with van der Waals surface area (Å²) in [4.78, 5) is 25.6. The molecule has 2 heterocycles. The normalized spacial score (nSPS) is 23.7. The molecule has 1 N–H and O–H groups in total. The molecule has 3 rings (SSSR count). The van der Waals surface area contributed by atoms with Gasteiger partial charge >= 0.3 is 6.36 Å². The van der Waals surface area contributed by atoms with Gasteiger partial charge in [0.05, 0.1) is 11.6 Å². The van der Waals surface area contributed by atoms with E-state index in [0.717, 1.165) is 24.6 Å². The maximum atomic E-state index is 13.8. The number of carbonyl (C=O) groups is 2. The summed E-state index contributed by atoms with van der Waals surface area (Å²) in [6.07, 6.45) is -3.25. The summed E-state index contributed by atoms with van der Waals surface area (Å²) in [7, 11) is 0. The summed E-state index contributed by atoms with van der Waals surface area (Å²) in [6, 6.07) is 2.81. The molecule has 2 amide bonds. The van der Waals surface area contributed by atoms with Gasteiger partial charge in [0.25, 0.3) is 5.91 Å². The zero-order chi connectivity index (χ0) is 18.2. The van der Waals surface area contributed by atoms with Crippen LogP contribution >= 0.6 is 0 Å². The monoisotopic (exact) mass is 360 g/mol. The van der Waals surface area contributed by atoms with Crippen molar-refractivity contribution in [2.75, 3.05) is 13.1 Å². The molecule has 1 aromatic rings. The molecule has 9 heteroatoms. The highest BCUT2D eigenvalue weighted by Gasteiger charge is 2.40. The Kier molecular flexibility index (Phi) is 4.57. The molecule has 0 radical (unpaired) electrons. The molecule has 2 fully saturated rings. The average molecular weight is 360 g/mol. The molecular weight excluding hydrogens is 344 g/mol. The van der Waals surface area contributed by atoms with Crippen LogP contribution in [0.5, 0.6) is 5.75 Å². The molecule has 0 spiro atoms. The first-order valence-electron chi connectivity index (χ1n) is 7.87. The molecule has 0 aromatic heterocycles. The topological polar surface area (TPSA) is 58.6 Å². The zero-order valence-electron chi connectivity index (χ0n) is 13.1. The molecule has 136 valence electrons. The SMILES string of the molecule is O=C1CCCC2CN(C(=O)c3cccc(F)c3OC(F)(F)F)CC2N1. The molecule has 25 heavy (non-hydrogen) atoms. The number of alkyl halides is 3. The van der Waals surface area contributed by atoms with Gasteiger partial charge in [0.15, 0.2) is 11.6 Å². The lowest BCUT2D eigenvalue weighted by atomic mass is 9.99. The lowest BCUT2D eigenvalue weighted by molar-refractivity contribution is -0.275. The standard InChI is InChI=1S/C16H16F4N2O3/c17-11-5-2-4-10(14(11)25-16(18,19)20)15(24)22-7-9-3-1-6-13(23)21-12(9)8-22/h2,4-5,9,12H,1,3,6-8H2,(H,21,23). The number of para-hydroxylation sites is 1. The third kappa shape index (κ3) is 3.85. The first-order valence-corrected chi connectivity index (χ1v) is 7.87. The maximum Gasteiger partial charge on any atom is 0.573 e. The van der Waals surface area contributed by atoms with Gasteiger partial charge in [0.1, 0.15) is 0 Å². The molecule has 0 bridgehead atoms. The Morgan fingerprint density at radius 1 is 1.28 bits per heavy atom. The Bertz CT molecular complexity index is 692. The summed E-state index contributed by atoms with van der Waals surface area (Å²) in [5.41, 5.74) is -0.486. The number of nitrogens with one attached hydrogen (secondary N) is 1. The van der Waals surface area contributed by atoms with Gasteiger partial charge in [0.2, 0.25) is 5.91 Å². The van der Waals surface area contributed by atoms with E-state index in [1.54, 1.807) is 0 Å². The number of benzene rings is 1. The molecule has 2 saturated heterocycles. The lowest BCUT2D eigenvalue weighted by Crippen LogP contribution is -2.39. The van der Waals surface area contributed by atoms with Crippen molar-refractivity contribution in [2.45, 2.75) is 31.7 Å². The number of nitrogens with zero attached hydrogens (tertiary/aromatic N) is 1. The van der Waals surface area contributed by atoms with Crippen LogP contribution in [0.2, 0.25) is 0 Å². The van der Waals surface area contributed by atoms with Crippen LogP contribution in [0.25, 0.3) is 0 Å². The van der Waals surface area contributed by atoms with Gasteiger partial charge in [-0.05, 0) is 30.9 Å². The van der Waals surface area contributed by atoms with E-state index in [1.165, 1.54) is 4.90 Å². The molecule has 2 aliphatic rings. The summed E-state index contributed by atoms with van der Waals surface area (Å²) in [5.74, 6) is -3.20. The lowest BCUT2D eigenvalue weighted by Gasteiger charge is -2.20. The van der Waals surface area contributed by atoms with Crippen LogP contribution in [-0.4, -0.2) is 42.2 Å². The van der Waals surface area contributed by atoms with Gasteiger partial charge in [-0.2, -0.15) is 0 Å². The van der Waals surface area contributed by atoms with E-state index in [2.05, 4.69) is 10.1 Å². The van der Waals surface area contributed by atoms with E-state index < -0.39 is 29.4 Å². The van der Waals surface area contributed by atoms with Gasteiger partial charge in [0, 0.05) is 19.5 Å². The first-order chi connectivity index (χ1) is 11.7. The second-order valence-electron chi connectivity index (χ2n) is 6.20. The molecule has 2 atom stereocenters. The predicted octanol–water partition coefficient (Wildman–Crippen LogP) is 2.46. The first kappa shape index (κ1) is 17.5. The van der Waals surface area contributed by atoms with Crippen LogP contribution in [-0.2, 0) is 4.79 Å². The van der Waals surface area contributed by atoms with Gasteiger partial charge in [-0.25, -0.2) is 4.39 Å². The van der Waals surface area contributed by atoms with Crippen molar-refractivity contribution >= 4 is 11.8 Å². The highest BCUT2D eigenvalue weighted by molar-refractivity contribution is 5.97. The largest absolute Gasteiger partial charge is 0.573 e. The van der Waals surface area contributed by atoms with Crippen LogP contribution in [0.1, 0.15) is 29.6 Å². The minimum absolute atomic E-state index is 0.0379. The van der Waals surface area contributed by atoms with E-state index >= 15 is 0 Å². The second-order valence-corrected chi connectivity index (χ2v) is 6.20. The highest BCUT2D eigenvalue weighted by atomic mass is 19.4. The number of amides is 2. The van der Waals surface area contributed by atoms with Gasteiger partial charge in [-0.1, -0.05) is 6.07 Å². The number of likely N-dealkylation sites (tertiary alicyclic amines) is 1. The van der Waals surface area contributed by atoms with E-state index in [-0.39, 0.29) is 24.4 Å². The van der Waals surface area contributed by atoms with Gasteiger partial charge < -0.3 is 15.0 Å². The van der Waals surface area contributed by atoms with Crippen LogP contribution < -0.4 is 10.1 Å². The molecule has 0 aliphatic carbocycles. The summed E-state index contributed by atoms with van der Waals surface area (Å²) in [5, 5.41) is 2.82. The third-order valence-corrected chi connectivity index (χ3v) is 4.47. The van der Waals surface area contributed by atoms with Crippen molar-refractivity contribution in [3.8, 4) is 5.75 Å². The molecular formula is C16H16F4N2O3. The summed E-state index contributed by atoms with van der Waals surface area (Å²) in [6.45, 7) is 0.475. The number of halogens is 4. The van der Waals surface area contributed by atoms with Crippen molar-refractivity contribution in [1.29, 1.82) is 0 Å². The molecule has 0 saturated carbocycles. The molecule has 1 aromatic carbocycles. The van der Waals surface area contributed by atoms with Crippen molar-refractivity contribution < 1.29 is 31.9 Å². The number of rotatable bonds is 2. The number of ether oxygens (including phenoxy) is 1. The Balaban J connectivity index is 1.82. The van der Waals surface area contributed by atoms with E-state index in [4.69, 9.17) is 0 Å². The van der Waals surface area contributed by atoms with Gasteiger partial charge in [-0.3, -0.25) is 9.59 Å². The Hall–Kier alpha value is -2.32. The van der Waals surface area contributed by atoms with Crippen LogP contribution in [0.4, 0.5) is 17.6 Å². The number of hydrogen-bond donors (Lipinski definition) is 1. The fourth-order valence-corrected chi connectivity index (χ4v) is 3.36. The summed E-state index contributed by atoms with van der Waals surface area (Å²) >= 11 is 0. The van der Waals surface area contributed by atoms with Crippen molar-refractivity contribution in [2.24, 2.45) is 5.92 Å². The number of hydrogen-bond acceptors (Lipinski definition) is 3. The molecule has 2 unspecified atom stereocenters. The molecule has 5 nitrogen and oxygen atoms in total. The number of fused-ring (bicyclic) bond motifs is 1. The van der Waals surface area contributed by atoms with Crippen LogP contribution in [0, 0.1) is 11.7 Å². The minimum Gasteiger partial charge on any atom is -0.402 e. The Morgan fingerprint density at radius 2 is 2.04 bits per heavy atom. The van der Waals surface area contributed by atoms with Crippen molar-refractivity contribution in [3.63, 3.8) is 0 Å². The Morgan fingerprint density at radius 3 is 2.76 bits per heavy atom. The van der Waals surface area contributed by atoms with E-state index in [1.807, 2.05) is 0 Å². The second kappa shape index (κ2) is 6.53.